The van der Waals surface area contributed by atoms with Crippen LogP contribution in [0.5, 0.6) is 11.5 Å². The van der Waals surface area contributed by atoms with Crippen LogP contribution in [0, 0.1) is 10.1 Å². The van der Waals surface area contributed by atoms with Gasteiger partial charge < -0.3 is 10.5 Å². The molecule has 1 unspecified atom stereocenters. The Morgan fingerprint density at radius 3 is 2.45 bits per heavy atom. The van der Waals surface area contributed by atoms with Crippen molar-refractivity contribution in [3.8, 4) is 11.5 Å². The molecule has 0 saturated heterocycles. The van der Waals surface area contributed by atoms with E-state index >= 15 is 0 Å². The van der Waals surface area contributed by atoms with E-state index in [1.165, 1.54) is 18.2 Å². The molecule has 0 aromatic heterocycles. The molecule has 1 atom stereocenters. The first-order valence-electron chi connectivity index (χ1n) is 5.94. The van der Waals surface area contributed by atoms with Crippen LogP contribution in [0.25, 0.3) is 0 Å². The summed E-state index contributed by atoms with van der Waals surface area (Å²) in [5.74, 6) is 0.593. The number of ether oxygens (including phenoxy) is 1. The lowest BCUT2D eigenvalue weighted by Crippen LogP contribution is -2.04. The molecule has 2 N–H and O–H groups in total. The van der Waals surface area contributed by atoms with E-state index < -0.39 is 4.92 Å². The Morgan fingerprint density at radius 2 is 1.90 bits per heavy atom. The average Bonchev–Trinajstić information content (AvgIpc) is 2.39. The first-order valence-corrected chi connectivity index (χ1v) is 6.32. The predicted octanol–water partition coefficient (Wildman–Crippen LogP) is 4.06. The van der Waals surface area contributed by atoms with Crippen molar-refractivity contribution in [2.24, 2.45) is 5.73 Å². The summed E-state index contributed by atoms with van der Waals surface area (Å²) in [7, 11) is 0. The van der Waals surface area contributed by atoms with Gasteiger partial charge in [0.1, 0.15) is 5.75 Å². The Balaban J connectivity index is 2.29. The minimum atomic E-state index is -0.512. The molecule has 0 amide bonds. The zero-order chi connectivity index (χ0) is 14.7. The molecule has 0 heterocycles. The number of nitro groups is 1. The number of hydrogen-bond acceptors (Lipinski definition) is 4. The van der Waals surface area contributed by atoms with Crippen molar-refractivity contribution in [3.05, 3.63) is 63.2 Å². The summed E-state index contributed by atoms with van der Waals surface area (Å²) in [5, 5.41) is 11.3. The van der Waals surface area contributed by atoms with E-state index in [2.05, 4.69) is 0 Å². The van der Waals surface area contributed by atoms with E-state index in [-0.39, 0.29) is 17.5 Å². The van der Waals surface area contributed by atoms with Crippen LogP contribution in [0.15, 0.2) is 42.5 Å². The number of nitrogens with two attached hydrogens (primary N) is 1. The van der Waals surface area contributed by atoms with Crippen LogP contribution >= 0.6 is 11.6 Å². The third-order valence-electron chi connectivity index (χ3n) is 2.75. The molecule has 0 radical (unpaired) electrons. The van der Waals surface area contributed by atoms with E-state index in [0.717, 1.165) is 5.56 Å². The molecule has 0 bridgehead atoms. The molecule has 2 aromatic rings. The van der Waals surface area contributed by atoms with Gasteiger partial charge in [0.15, 0.2) is 0 Å². The molecular formula is C14H13ClN2O3. The maximum absolute atomic E-state index is 10.9. The SMILES string of the molecule is CC(N)c1ccc(Oc2cc(Cl)ccc2[N+](=O)[O-])cc1. The van der Waals surface area contributed by atoms with Gasteiger partial charge in [0, 0.05) is 23.2 Å². The largest absolute Gasteiger partial charge is 0.450 e. The van der Waals surface area contributed by atoms with Gasteiger partial charge in [-0.2, -0.15) is 0 Å². The van der Waals surface area contributed by atoms with E-state index in [1.807, 2.05) is 19.1 Å². The van der Waals surface area contributed by atoms with Crippen molar-refractivity contribution >= 4 is 17.3 Å². The highest BCUT2D eigenvalue weighted by atomic mass is 35.5. The molecule has 6 heteroatoms. The van der Waals surface area contributed by atoms with Crippen molar-refractivity contribution in [3.63, 3.8) is 0 Å². The summed E-state index contributed by atoms with van der Waals surface area (Å²) < 4.78 is 5.52. The van der Waals surface area contributed by atoms with E-state index in [1.54, 1.807) is 12.1 Å². The monoisotopic (exact) mass is 292 g/mol. The van der Waals surface area contributed by atoms with E-state index in [9.17, 15) is 10.1 Å². The summed E-state index contributed by atoms with van der Waals surface area (Å²) in [5.41, 5.74) is 6.58. The number of hydrogen-bond donors (Lipinski definition) is 1. The number of benzene rings is 2. The second-order valence-electron chi connectivity index (χ2n) is 4.33. The standard InChI is InChI=1S/C14H13ClN2O3/c1-9(16)10-2-5-12(6-3-10)20-14-8-11(15)4-7-13(14)17(18)19/h2-9H,16H2,1H3. The van der Waals surface area contributed by atoms with Crippen molar-refractivity contribution in [1.82, 2.24) is 0 Å². The maximum atomic E-state index is 10.9. The molecule has 0 aliphatic carbocycles. The first-order chi connectivity index (χ1) is 9.47. The fourth-order valence-corrected chi connectivity index (χ4v) is 1.85. The Hall–Kier alpha value is -2.11. The Labute approximate surface area is 121 Å². The number of rotatable bonds is 4. The number of nitro benzene ring substituents is 1. The molecule has 0 aliphatic heterocycles. The summed E-state index contributed by atoms with van der Waals surface area (Å²) in [6.07, 6.45) is 0. The third-order valence-corrected chi connectivity index (χ3v) is 2.99. The highest BCUT2D eigenvalue weighted by Crippen LogP contribution is 2.33. The van der Waals surface area contributed by atoms with Crippen LogP contribution in [0.2, 0.25) is 5.02 Å². The van der Waals surface area contributed by atoms with E-state index in [4.69, 9.17) is 22.1 Å². The van der Waals surface area contributed by atoms with Crippen molar-refractivity contribution < 1.29 is 9.66 Å². The molecule has 0 saturated carbocycles. The smallest absolute Gasteiger partial charge is 0.311 e. The van der Waals surface area contributed by atoms with Gasteiger partial charge in [0.05, 0.1) is 4.92 Å². The molecule has 2 aromatic carbocycles. The van der Waals surface area contributed by atoms with E-state index in [0.29, 0.717) is 10.8 Å². The molecule has 0 aliphatic rings. The zero-order valence-corrected chi connectivity index (χ0v) is 11.5. The van der Waals surface area contributed by atoms with Gasteiger partial charge in [-0.3, -0.25) is 10.1 Å². The normalized spacial score (nSPS) is 11.9. The van der Waals surface area contributed by atoms with Gasteiger partial charge in [0.25, 0.3) is 0 Å². The van der Waals surface area contributed by atoms with Crippen molar-refractivity contribution in [1.29, 1.82) is 0 Å². The van der Waals surface area contributed by atoms with Gasteiger partial charge in [-0.05, 0) is 30.7 Å². The molecule has 2 rings (SSSR count). The summed E-state index contributed by atoms with van der Waals surface area (Å²) >= 11 is 5.84. The summed E-state index contributed by atoms with van der Waals surface area (Å²) in [6.45, 7) is 1.87. The van der Waals surface area contributed by atoms with Crippen molar-refractivity contribution in [2.75, 3.05) is 0 Å². The predicted molar refractivity (Wildman–Crippen MR) is 77.2 cm³/mol. The second kappa shape index (κ2) is 5.90. The molecular weight excluding hydrogens is 280 g/mol. The van der Waals surface area contributed by atoms with Gasteiger partial charge in [-0.25, -0.2) is 0 Å². The summed E-state index contributed by atoms with van der Waals surface area (Å²) in [6, 6.07) is 11.2. The first kappa shape index (κ1) is 14.3. The fourth-order valence-electron chi connectivity index (χ4n) is 1.69. The topological polar surface area (TPSA) is 78.4 Å². The van der Waals surface area contributed by atoms with Gasteiger partial charge in [0.2, 0.25) is 5.75 Å². The van der Waals surface area contributed by atoms with Crippen LogP contribution in [-0.2, 0) is 0 Å². The Kier molecular flexibility index (Phi) is 4.22. The Morgan fingerprint density at radius 1 is 1.25 bits per heavy atom. The number of nitrogens with zero attached hydrogens (tertiary/aromatic N) is 1. The van der Waals surface area contributed by atoms with Crippen LogP contribution in [0.4, 0.5) is 5.69 Å². The highest BCUT2D eigenvalue weighted by molar-refractivity contribution is 6.30. The lowest BCUT2D eigenvalue weighted by atomic mass is 10.1. The van der Waals surface area contributed by atoms with Crippen LogP contribution in [-0.4, -0.2) is 4.92 Å². The lowest BCUT2D eigenvalue weighted by Gasteiger charge is -2.09. The molecule has 0 fully saturated rings. The third kappa shape index (κ3) is 3.26. The van der Waals surface area contributed by atoms with Gasteiger partial charge >= 0.3 is 5.69 Å². The number of halogens is 1. The average molecular weight is 293 g/mol. The quantitative estimate of drug-likeness (QED) is 0.681. The van der Waals surface area contributed by atoms with Crippen LogP contribution < -0.4 is 10.5 Å². The molecule has 0 spiro atoms. The van der Waals surface area contributed by atoms with Gasteiger partial charge in [-0.1, -0.05) is 23.7 Å². The van der Waals surface area contributed by atoms with Crippen molar-refractivity contribution in [2.45, 2.75) is 13.0 Å². The Bertz CT molecular complexity index is 627. The second-order valence-corrected chi connectivity index (χ2v) is 4.77. The maximum Gasteiger partial charge on any atom is 0.311 e. The van der Waals surface area contributed by atoms with Gasteiger partial charge in [-0.15, -0.1) is 0 Å². The lowest BCUT2D eigenvalue weighted by molar-refractivity contribution is -0.385. The minimum Gasteiger partial charge on any atom is -0.450 e. The highest BCUT2D eigenvalue weighted by Gasteiger charge is 2.16. The minimum absolute atomic E-state index is 0.0791. The zero-order valence-electron chi connectivity index (χ0n) is 10.7. The van der Waals surface area contributed by atoms with Crippen LogP contribution in [0.1, 0.15) is 18.5 Å². The summed E-state index contributed by atoms with van der Waals surface area (Å²) in [4.78, 5) is 10.4. The molecule has 104 valence electrons. The van der Waals surface area contributed by atoms with Crippen LogP contribution in [0.3, 0.4) is 0 Å². The fraction of sp³-hybridized carbons (Fsp3) is 0.143. The molecule has 20 heavy (non-hydrogen) atoms. The molecule has 5 nitrogen and oxygen atoms in total.